The highest BCUT2D eigenvalue weighted by Crippen LogP contribution is 2.45. The number of nitrogens with zero attached hydrogens (tertiary/aromatic N) is 1. The molecule has 0 amide bonds. The Balaban J connectivity index is 1.10. The van der Waals surface area contributed by atoms with E-state index in [1.165, 1.54) is 85.2 Å². The van der Waals surface area contributed by atoms with Gasteiger partial charge in [0.25, 0.3) is 0 Å². The van der Waals surface area contributed by atoms with Crippen LogP contribution in [0.15, 0.2) is 194 Å². The molecule has 1 nitrogen and oxygen atoms in total. The Kier molecular flexibility index (Phi) is 8.42. The van der Waals surface area contributed by atoms with Crippen LogP contribution >= 0.6 is 22.7 Å². The van der Waals surface area contributed by atoms with E-state index in [4.69, 9.17) is 0 Å². The standard InChI is InChI=1S/C54H37NS2/c1-3-11-36(12-4-1)38-19-25-42(26-20-38)55(43-27-21-39(22-28-43)37-13-5-2-6-14-37)44-29-30-45(40-23-31-53-49(33-40)46-15-7-9-17-51(46)56-53)48(35-44)41-24-32-54-50(34-41)47-16-8-10-18-52(47)57-54/h1-7,9-15,17-35H,8,16H2. The molecular formula is C54H37NS2. The van der Waals surface area contributed by atoms with E-state index in [0.717, 1.165) is 29.9 Å². The van der Waals surface area contributed by atoms with E-state index in [1.807, 2.05) is 22.7 Å². The van der Waals surface area contributed by atoms with Gasteiger partial charge in [-0.15, -0.1) is 22.7 Å². The van der Waals surface area contributed by atoms with Crippen molar-refractivity contribution >= 4 is 76.1 Å². The Hall–Kier alpha value is -6.52. The van der Waals surface area contributed by atoms with Gasteiger partial charge in [-0.3, -0.25) is 0 Å². The lowest BCUT2D eigenvalue weighted by molar-refractivity contribution is 1.01. The summed E-state index contributed by atoms with van der Waals surface area (Å²) in [5, 5.41) is 4.02. The van der Waals surface area contributed by atoms with Crippen molar-refractivity contribution < 1.29 is 0 Å². The smallest absolute Gasteiger partial charge is 0.0468 e. The lowest BCUT2D eigenvalue weighted by atomic mass is 9.91. The van der Waals surface area contributed by atoms with Crippen LogP contribution in [0.4, 0.5) is 17.1 Å². The Morgan fingerprint density at radius 1 is 0.368 bits per heavy atom. The molecular weight excluding hydrogens is 727 g/mol. The van der Waals surface area contributed by atoms with E-state index in [1.54, 1.807) is 0 Å². The molecule has 8 aromatic carbocycles. The summed E-state index contributed by atoms with van der Waals surface area (Å²) >= 11 is 3.79. The zero-order valence-corrected chi connectivity index (χ0v) is 32.9. The van der Waals surface area contributed by atoms with Gasteiger partial charge in [-0.25, -0.2) is 0 Å². The molecule has 0 N–H and O–H groups in total. The van der Waals surface area contributed by atoms with E-state index in [9.17, 15) is 0 Å². The number of thiophene rings is 2. The summed E-state index contributed by atoms with van der Waals surface area (Å²) in [4.78, 5) is 3.81. The van der Waals surface area contributed by atoms with Crippen molar-refractivity contribution in [1.82, 2.24) is 0 Å². The van der Waals surface area contributed by atoms with E-state index in [2.05, 4.69) is 205 Å². The van der Waals surface area contributed by atoms with Crippen molar-refractivity contribution in [3.05, 3.63) is 205 Å². The third-order valence-electron chi connectivity index (χ3n) is 11.4. The molecule has 10 aromatic rings. The van der Waals surface area contributed by atoms with Gasteiger partial charge >= 0.3 is 0 Å². The molecule has 0 aliphatic heterocycles. The highest BCUT2D eigenvalue weighted by molar-refractivity contribution is 7.25. The van der Waals surface area contributed by atoms with Gasteiger partial charge in [-0.1, -0.05) is 127 Å². The fraction of sp³-hybridized carbons (Fsp3) is 0.0370. The van der Waals surface area contributed by atoms with Crippen molar-refractivity contribution in [3.8, 4) is 44.5 Å². The van der Waals surface area contributed by atoms with E-state index < -0.39 is 0 Å². The van der Waals surface area contributed by atoms with Crippen LogP contribution < -0.4 is 4.90 Å². The summed E-state index contributed by atoms with van der Waals surface area (Å²) in [6, 6.07) is 69.3. The molecule has 0 saturated heterocycles. The number of hydrogen-bond acceptors (Lipinski definition) is 3. The fourth-order valence-electron chi connectivity index (χ4n) is 8.52. The molecule has 57 heavy (non-hydrogen) atoms. The summed E-state index contributed by atoms with van der Waals surface area (Å²) < 4.78 is 4.01. The van der Waals surface area contributed by atoms with Gasteiger partial charge in [0.05, 0.1) is 0 Å². The highest BCUT2D eigenvalue weighted by Gasteiger charge is 2.20. The number of hydrogen-bond donors (Lipinski definition) is 0. The Morgan fingerprint density at radius 3 is 1.58 bits per heavy atom. The summed E-state index contributed by atoms with van der Waals surface area (Å²) in [6.07, 6.45) is 6.83. The average Bonchev–Trinajstić information content (AvgIpc) is 3.85. The number of benzene rings is 8. The number of aryl methyl sites for hydroxylation is 1. The minimum Gasteiger partial charge on any atom is -0.310 e. The highest BCUT2D eigenvalue weighted by atomic mass is 32.1. The molecule has 2 heterocycles. The van der Waals surface area contributed by atoms with Crippen LogP contribution in [0.25, 0.3) is 80.8 Å². The molecule has 0 radical (unpaired) electrons. The third kappa shape index (κ3) is 6.17. The SMILES string of the molecule is C1=Cc2sc3ccc(-c4cc(N(c5ccc(-c6ccccc6)cc5)c5ccc(-c6ccccc6)cc5)ccc4-c4ccc5sc6ccccc6c5c4)cc3c2CC1. The molecule has 0 unspecified atom stereocenters. The zero-order chi connectivity index (χ0) is 37.7. The molecule has 0 bridgehead atoms. The second-order valence-corrected chi connectivity index (χ2v) is 17.0. The van der Waals surface area contributed by atoms with Crippen LogP contribution in [0.3, 0.4) is 0 Å². The molecule has 270 valence electrons. The first-order valence-corrected chi connectivity index (χ1v) is 21.3. The maximum atomic E-state index is 2.46. The maximum Gasteiger partial charge on any atom is 0.0468 e. The largest absolute Gasteiger partial charge is 0.310 e. The quantitative estimate of drug-likeness (QED) is 0.156. The van der Waals surface area contributed by atoms with Gasteiger partial charge in [0.15, 0.2) is 0 Å². The topological polar surface area (TPSA) is 3.24 Å². The molecule has 0 atom stereocenters. The lowest BCUT2D eigenvalue weighted by Crippen LogP contribution is -2.10. The number of rotatable bonds is 7. The molecule has 2 aromatic heterocycles. The molecule has 11 rings (SSSR count). The summed E-state index contributed by atoms with van der Waals surface area (Å²) in [6.45, 7) is 0. The van der Waals surface area contributed by atoms with Gasteiger partial charge in [0.1, 0.15) is 0 Å². The minimum atomic E-state index is 1.09. The van der Waals surface area contributed by atoms with Gasteiger partial charge in [-0.2, -0.15) is 0 Å². The summed E-state index contributed by atoms with van der Waals surface area (Å²) in [7, 11) is 0. The second kappa shape index (κ2) is 14.2. The van der Waals surface area contributed by atoms with Gasteiger partial charge in [0.2, 0.25) is 0 Å². The molecule has 0 saturated carbocycles. The van der Waals surface area contributed by atoms with Crippen molar-refractivity contribution in [1.29, 1.82) is 0 Å². The predicted octanol–water partition coefficient (Wildman–Crippen LogP) is 16.4. The normalized spacial score (nSPS) is 12.4. The number of fused-ring (bicyclic) bond motifs is 6. The number of allylic oxidation sites excluding steroid dienone is 1. The first kappa shape index (κ1) is 33.8. The monoisotopic (exact) mass is 763 g/mol. The lowest BCUT2D eigenvalue weighted by Gasteiger charge is -2.27. The predicted molar refractivity (Wildman–Crippen MR) is 248 cm³/mol. The van der Waals surface area contributed by atoms with Crippen LogP contribution in [0, 0.1) is 0 Å². The van der Waals surface area contributed by atoms with Crippen LogP contribution in [0.1, 0.15) is 16.9 Å². The van der Waals surface area contributed by atoms with Crippen molar-refractivity contribution in [2.75, 3.05) is 4.90 Å². The summed E-state index contributed by atoms with van der Waals surface area (Å²) in [5.74, 6) is 0. The molecule has 1 aliphatic carbocycles. The second-order valence-electron chi connectivity index (χ2n) is 14.8. The van der Waals surface area contributed by atoms with Crippen LogP contribution in [-0.2, 0) is 6.42 Å². The molecule has 3 heteroatoms. The van der Waals surface area contributed by atoms with E-state index in [-0.39, 0.29) is 0 Å². The van der Waals surface area contributed by atoms with Gasteiger partial charge < -0.3 is 4.90 Å². The Morgan fingerprint density at radius 2 is 0.895 bits per heavy atom. The fourth-order valence-corrected chi connectivity index (χ4v) is 10.8. The van der Waals surface area contributed by atoms with Crippen LogP contribution in [-0.4, -0.2) is 0 Å². The van der Waals surface area contributed by atoms with Crippen molar-refractivity contribution in [2.24, 2.45) is 0 Å². The minimum absolute atomic E-state index is 1.09. The Bertz CT molecular complexity index is 3010. The van der Waals surface area contributed by atoms with E-state index in [0.29, 0.717) is 0 Å². The first-order chi connectivity index (χ1) is 28.2. The Labute approximate surface area is 341 Å². The third-order valence-corrected chi connectivity index (χ3v) is 13.7. The molecule has 1 aliphatic rings. The number of anilines is 3. The summed E-state index contributed by atoms with van der Waals surface area (Å²) in [5.41, 5.74) is 14.6. The van der Waals surface area contributed by atoms with E-state index >= 15 is 0 Å². The van der Waals surface area contributed by atoms with Gasteiger partial charge in [-0.05, 0) is 141 Å². The van der Waals surface area contributed by atoms with Crippen molar-refractivity contribution in [2.45, 2.75) is 12.8 Å². The first-order valence-electron chi connectivity index (χ1n) is 19.6. The van der Waals surface area contributed by atoms with Gasteiger partial charge in [0, 0.05) is 46.8 Å². The average molecular weight is 764 g/mol. The zero-order valence-electron chi connectivity index (χ0n) is 31.2. The molecule has 0 spiro atoms. The molecule has 0 fully saturated rings. The van der Waals surface area contributed by atoms with Crippen LogP contribution in [0.5, 0.6) is 0 Å². The van der Waals surface area contributed by atoms with Crippen LogP contribution in [0.2, 0.25) is 0 Å². The van der Waals surface area contributed by atoms with Crippen molar-refractivity contribution in [3.63, 3.8) is 0 Å². The maximum absolute atomic E-state index is 2.46.